The van der Waals surface area contributed by atoms with Crippen LogP contribution in [0.15, 0.2) is 24.3 Å². The topological polar surface area (TPSA) is 83.8 Å². The van der Waals surface area contributed by atoms with Crippen molar-refractivity contribution in [2.45, 2.75) is 26.7 Å². The number of aromatic nitrogens is 2. The van der Waals surface area contributed by atoms with Crippen molar-refractivity contribution < 1.29 is 4.79 Å². The van der Waals surface area contributed by atoms with Gasteiger partial charge < -0.3 is 11.1 Å². The Hall–Kier alpha value is -2.30. The third-order valence-corrected chi connectivity index (χ3v) is 3.01. The van der Waals surface area contributed by atoms with Crippen molar-refractivity contribution in [3.05, 3.63) is 41.1 Å². The first-order valence-corrected chi connectivity index (χ1v) is 6.22. The molecular formula is C14H18N4O. The zero-order valence-electron chi connectivity index (χ0n) is 11.2. The molecule has 2 aromatic rings. The molecule has 0 aliphatic heterocycles. The molecule has 5 nitrogen and oxygen atoms in total. The van der Waals surface area contributed by atoms with E-state index < -0.39 is 0 Å². The quantitative estimate of drug-likeness (QED) is 0.786. The molecule has 0 unspecified atom stereocenters. The zero-order chi connectivity index (χ0) is 13.8. The fraction of sp³-hybridized carbons (Fsp3) is 0.286. The summed E-state index contributed by atoms with van der Waals surface area (Å²) in [6.07, 6.45) is 1.11. The van der Waals surface area contributed by atoms with Crippen molar-refractivity contribution in [2.75, 3.05) is 11.1 Å². The number of nitrogens with one attached hydrogen (secondary N) is 2. The standard InChI is InChI=1S/C14H18N4O/c1-9-3-5-11(6-4-9)7-8-12(19)16-14-13(15)10(2)17-18-14/h3-6H,7-8,15H2,1-2H3,(H2,16,17,18,19). The Labute approximate surface area is 112 Å². The second kappa shape index (κ2) is 5.56. The van der Waals surface area contributed by atoms with Crippen LogP contribution in [0, 0.1) is 13.8 Å². The Balaban J connectivity index is 1.88. The molecule has 1 heterocycles. The monoisotopic (exact) mass is 258 g/mol. The van der Waals surface area contributed by atoms with Crippen molar-refractivity contribution >= 4 is 17.4 Å². The lowest BCUT2D eigenvalue weighted by Crippen LogP contribution is -2.13. The van der Waals surface area contributed by atoms with Gasteiger partial charge in [-0.3, -0.25) is 9.89 Å². The Kier molecular flexibility index (Phi) is 3.85. The maximum absolute atomic E-state index is 11.8. The smallest absolute Gasteiger partial charge is 0.225 e. The molecule has 0 bridgehead atoms. The number of aryl methyl sites for hydroxylation is 3. The normalized spacial score (nSPS) is 10.4. The van der Waals surface area contributed by atoms with Crippen molar-refractivity contribution in [1.29, 1.82) is 0 Å². The Morgan fingerprint density at radius 2 is 2.00 bits per heavy atom. The maximum Gasteiger partial charge on any atom is 0.225 e. The fourth-order valence-corrected chi connectivity index (χ4v) is 1.74. The summed E-state index contributed by atoms with van der Waals surface area (Å²) in [5.41, 5.74) is 9.38. The highest BCUT2D eigenvalue weighted by atomic mass is 16.1. The van der Waals surface area contributed by atoms with Crippen LogP contribution in [0.3, 0.4) is 0 Å². The summed E-state index contributed by atoms with van der Waals surface area (Å²) in [4.78, 5) is 11.8. The number of carbonyl (C=O) groups excluding carboxylic acids is 1. The number of H-pyrrole nitrogens is 1. The third-order valence-electron chi connectivity index (χ3n) is 3.01. The van der Waals surface area contributed by atoms with Crippen LogP contribution in [-0.2, 0) is 11.2 Å². The highest BCUT2D eigenvalue weighted by Gasteiger charge is 2.10. The molecule has 2 rings (SSSR count). The van der Waals surface area contributed by atoms with E-state index in [1.807, 2.05) is 38.1 Å². The molecule has 1 amide bonds. The molecule has 0 atom stereocenters. The van der Waals surface area contributed by atoms with Crippen LogP contribution < -0.4 is 11.1 Å². The Morgan fingerprint density at radius 3 is 2.58 bits per heavy atom. The second-order valence-electron chi connectivity index (χ2n) is 4.64. The van der Waals surface area contributed by atoms with Crippen LogP contribution in [0.4, 0.5) is 11.5 Å². The van der Waals surface area contributed by atoms with Crippen LogP contribution in [0.5, 0.6) is 0 Å². The number of nitrogens with two attached hydrogens (primary N) is 1. The number of carbonyl (C=O) groups is 1. The fourth-order valence-electron chi connectivity index (χ4n) is 1.74. The molecular weight excluding hydrogens is 240 g/mol. The predicted octanol–water partition coefficient (Wildman–Crippen LogP) is 2.18. The molecule has 1 aromatic heterocycles. The van der Waals surface area contributed by atoms with Gasteiger partial charge in [0.15, 0.2) is 5.82 Å². The molecule has 0 aliphatic rings. The average molecular weight is 258 g/mol. The van der Waals surface area contributed by atoms with Gasteiger partial charge >= 0.3 is 0 Å². The van der Waals surface area contributed by atoms with Crippen molar-refractivity contribution in [3.8, 4) is 0 Å². The van der Waals surface area contributed by atoms with Crippen molar-refractivity contribution in [2.24, 2.45) is 0 Å². The summed E-state index contributed by atoms with van der Waals surface area (Å²) in [7, 11) is 0. The number of aromatic amines is 1. The minimum atomic E-state index is -0.0845. The largest absolute Gasteiger partial charge is 0.394 e. The Morgan fingerprint density at radius 1 is 1.32 bits per heavy atom. The van der Waals surface area contributed by atoms with Crippen LogP contribution in [-0.4, -0.2) is 16.1 Å². The van der Waals surface area contributed by atoms with E-state index in [1.54, 1.807) is 0 Å². The summed E-state index contributed by atoms with van der Waals surface area (Å²) < 4.78 is 0. The number of hydrogen-bond donors (Lipinski definition) is 3. The lowest BCUT2D eigenvalue weighted by atomic mass is 10.1. The third kappa shape index (κ3) is 3.34. The molecule has 100 valence electrons. The molecule has 0 fully saturated rings. The molecule has 0 spiro atoms. The lowest BCUT2D eigenvalue weighted by molar-refractivity contribution is -0.116. The minimum Gasteiger partial charge on any atom is -0.394 e. The van der Waals surface area contributed by atoms with Crippen molar-refractivity contribution in [1.82, 2.24) is 10.2 Å². The number of nitrogens with zero attached hydrogens (tertiary/aromatic N) is 1. The zero-order valence-corrected chi connectivity index (χ0v) is 11.2. The number of anilines is 2. The van der Waals surface area contributed by atoms with E-state index in [1.165, 1.54) is 5.56 Å². The Bertz CT molecular complexity index is 572. The summed E-state index contributed by atoms with van der Waals surface area (Å²) in [5.74, 6) is 0.324. The molecule has 0 saturated heterocycles. The van der Waals surface area contributed by atoms with E-state index >= 15 is 0 Å². The lowest BCUT2D eigenvalue weighted by Gasteiger charge is -2.04. The minimum absolute atomic E-state index is 0.0845. The van der Waals surface area contributed by atoms with E-state index in [-0.39, 0.29) is 5.91 Å². The first-order valence-electron chi connectivity index (χ1n) is 6.22. The predicted molar refractivity (Wildman–Crippen MR) is 75.9 cm³/mol. The highest BCUT2D eigenvalue weighted by molar-refractivity contribution is 5.92. The van der Waals surface area contributed by atoms with Crippen LogP contribution in [0.25, 0.3) is 0 Å². The molecule has 0 radical (unpaired) electrons. The van der Waals surface area contributed by atoms with E-state index in [2.05, 4.69) is 15.5 Å². The first-order chi connectivity index (χ1) is 9.06. The van der Waals surface area contributed by atoms with Crippen LogP contribution >= 0.6 is 0 Å². The average Bonchev–Trinajstić information content (AvgIpc) is 2.70. The molecule has 0 aliphatic carbocycles. The number of benzene rings is 1. The van der Waals surface area contributed by atoms with Gasteiger partial charge in [-0.05, 0) is 25.8 Å². The maximum atomic E-state index is 11.8. The molecule has 1 aromatic carbocycles. The van der Waals surface area contributed by atoms with Crippen molar-refractivity contribution in [3.63, 3.8) is 0 Å². The van der Waals surface area contributed by atoms with Gasteiger partial charge in [-0.1, -0.05) is 29.8 Å². The molecule has 5 heteroatoms. The van der Waals surface area contributed by atoms with Gasteiger partial charge in [-0.2, -0.15) is 5.10 Å². The van der Waals surface area contributed by atoms with E-state index in [0.29, 0.717) is 24.3 Å². The van der Waals surface area contributed by atoms with E-state index in [0.717, 1.165) is 11.3 Å². The summed E-state index contributed by atoms with van der Waals surface area (Å²) in [6.45, 7) is 3.85. The van der Waals surface area contributed by atoms with Gasteiger partial charge in [0, 0.05) is 6.42 Å². The summed E-state index contributed by atoms with van der Waals surface area (Å²) in [6, 6.07) is 8.16. The number of rotatable bonds is 4. The number of amides is 1. The van der Waals surface area contributed by atoms with Gasteiger partial charge in [-0.25, -0.2) is 0 Å². The van der Waals surface area contributed by atoms with Gasteiger partial charge in [0.25, 0.3) is 0 Å². The van der Waals surface area contributed by atoms with Gasteiger partial charge in [0.1, 0.15) is 0 Å². The van der Waals surface area contributed by atoms with E-state index in [4.69, 9.17) is 5.73 Å². The van der Waals surface area contributed by atoms with Crippen LogP contribution in [0.1, 0.15) is 23.2 Å². The molecule has 19 heavy (non-hydrogen) atoms. The SMILES string of the molecule is Cc1ccc(CCC(=O)Nc2n[nH]c(C)c2N)cc1. The van der Waals surface area contributed by atoms with Crippen LogP contribution in [0.2, 0.25) is 0 Å². The first kappa shape index (κ1) is 13.1. The summed E-state index contributed by atoms with van der Waals surface area (Å²) in [5, 5.41) is 9.38. The molecule has 0 saturated carbocycles. The highest BCUT2D eigenvalue weighted by Crippen LogP contribution is 2.18. The molecule has 4 N–H and O–H groups in total. The van der Waals surface area contributed by atoms with Gasteiger partial charge in [-0.15, -0.1) is 0 Å². The van der Waals surface area contributed by atoms with E-state index in [9.17, 15) is 4.79 Å². The number of hydrogen-bond acceptors (Lipinski definition) is 3. The number of nitrogen functional groups attached to an aromatic ring is 1. The summed E-state index contributed by atoms with van der Waals surface area (Å²) >= 11 is 0. The second-order valence-corrected chi connectivity index (χ2v) is 4.64. The van der Waals surface area contributed by atoms with Gasteiger partial charge in [0.2, 0.25) is 5.91 Å². The van der Waals surface area contributed by atoms with Gasteiger partial charge in [0.05, 0.1) is 11.4 Å².